The number of aliphatic hydroxyl groups excluding tert-OH is 1. The lowest BCUT2D eigenvalue weighted by Gasteiger charge is -2.14. The van der Waals surface area contributed by atoms with Crippen molar-refractivity contribution in [2.24, 2.45) is 11.7 Å². The molecular weight excluding hydrogens is 232 g/mol. The molecule has 2 rings (SSSR count). The summed E-state index contributed by atoms with van der Waals surface area (Å²) in [6, 6.07) is 2.06. The Labute approximate surface area is 106 Å². The van der Waals surface area contributed by atoms with Crippen molar-refractivity contribution in [3.05, 3.63) is 21.9 Å². The minimum atomic E-state index is 0.306. The highest BCUT2D eigenvalue weighted by Gasteiger charge is 2.22. The van der Waals surface area contributed by atoms with Gasteiger partial charge in [-0.1, -0.05) is 11.8 Å². The van der Waals surface area contributed by atoms with Gasteiger partial charge in [-0.2, -0.15) is 0 Å². The van der Waals surface area contributed by atoms with E-state index in [4.69, 9.17) is 10.8 Å². The Balaban J connectivity index is 1.97. The summed E-state index contributed by atoms with van der Waals surface area (Å²) in [5, 5.41) is 11.2. The first kappa shape index (κ1) is 12.6. The first-order valence-electron chi connectivity index (χ1n) is 5.92. The zero-order valence-corrected chi connectivity index (χ0v) is 10.7. The molecule has 1 fully saturated rings. The summed E-state index contributed by atoms with van der Waals surface area (Å²) in [6.07, 6.45) is 1.10. The van der Waals surface area contributed by atoms with Gasteiger partial charge in [0.2, 0.25) is 0 Å². The molecule has 17 heavy (non-hydrogen) atoms. The van der Waals surface area contributed by atoms with Crippen molar-refractivity contribution in [1.82, 2.24) is 4.90 Å². The monoisotopic (exact) mass is 250 g/mol. The fourth-order valence-electron chi connectivity index (χ4n) is 2.13. The summed E-state index contributed by atoms with van der Waals surface area (Å²) in [5.74, 6) is 6.47. The minimum absolute atomic E-state index is 0.306. The Hall–Kier alpha value is -0.860. The molecule has 0 bridgehead atoms. The van der Waals surface area contributed by atoms with Gasteiger partial charge in [0, 0.05) is 30.1 Å². The number of rotatable bonds is 3. The SMILES string of the molecule is NCC#Cc1ccsc1CN1CCC(CO)C1. The molecular formula is C13H18N2OS. The van der Waals surface area contributed by atoms with Crippen LogP contribution in [0.4, 0.5) is 0 Å². The largest absolute Gasteiger partial charge is 0.396 e. The van der Waals surface area contributed by atoms with Crippen molar-refractivity contribution in [3.63, 3.8) is 0 Å². The number of hydrogen-bond acceptors (Lipinski definition) is 4. The predicted octanol–water partition coefficient (Wildman–Crippen LogP) is 0.873. The normalized spacial score (nSPS) is 20.2. The van der Waals surface area contributed by atoms with E-state index >= 15 is 0 Å². The smallest absolute Gasteiger partial charge is 0.0555 e. The molecule has 1 aromatic rings. The van der Waals surface area contributed by atoms with Crippen molar-refractivity contribution in [3.8, 4) is 11.8 Å². The van der Waals surface area contributed by atoms with Gasteiger partial charge in [-0.05, 0) is 30.3 Å². The van der Waals surface area contributed by atoms with E-state index in [-0.39, 0.29) is 0 Å². The first-order chi connectivity index (χ1) is 8.33. The number of nitrogens with two attached hydrogens (primary N) is 1. The van der Waals surface area contributed by atoms with Gasteiger partial charge in [-0.25, -0.2) is 0 Å². The summed E-state index contributed by atoms with van der Waals surface area (Å²) in [5.41, 5.74) is 6.49. The Bertz CT molecular complexity index is 419. The highest BCUT2D eigenvalue weighted by atomic mass is 32.1. The van der Waals surface area contributed by atoms with E-state index in [2.05, 4.69) is 28.2 Å². The molecule has 1 atom stereocenters. The van der Waals surface area contributed by atoms with Crippen molar-refractivity contribution < 1.29 is 5.11 Å². The zero-order chi connectivity index (χ0) is 12.1. The van der Waals surface area contributed by atoms with Gasteiger partial charge in [0.1, 0.15) is 0 Å². The van der Waals surface area contributed by atoms with Gasteiger partial charge in [0.05, 0.1) is 6.54 Å². The second-order valence-corrected chi connectivity index (χ2v) is 5.34. The predicted molar refractivity (Wildman–Crippen MR) is 70.7 cm³/mol. The van der Waals surface area contributed by atoms with Crippen LogP contribution in [-0.2, 0) is 6.54 Å². The first-order valence-corrected chi connectivity index (χ1v) is 6.80. The van der Waals surface area contributed by atoms with Crippen LogP contribution in [0.2, 0.25) is 0 Å². The third kappa shape index (κ3) is 3.30. The van der Waals surface area contributed by atoms with E-state index in [9.17, 15) is 0 Å². The fourth-order valence-corrected chi connectivity index (χ4v) is 3.00. The van der Waals surface area contributed by atoms with E-state index < -0.39 is 0 Å². The molecule has 2 heterocycles. The second kappa shape index (κ2) is 6.18. The van der Waals surface area contributed by atoms with Crippen molar-refractivity contribution >= 4 is 11.3 Å². The van der Waals surface area contributed by atoms with Crippen LogP contribution in [-0.4, -0.2) is 36.2 Å². The molecule has 1 aromatic heterocycles. The van der Waals surface area contributed by atoms with Gasteiger partial charge in [-0.3, -0.25) is 4.90 Å². The third-order valence-electron chi connectivity index (χ3n) is 3.07. The Morgan fingerprint density at radius 3 is 3.18 bits per heavy atom. The standard InChI is InChI=1S/C13H18N2OS/c14-5-1-2-12-4-7-17-13(12)9-15-6-3-11(8-15)10-16/h4,7,11,16H,3,5-6,8-10,14H2. The quantitative estimate of drug-likeness (QED) is 0.783. The van der Waals surface area contributed by atoms with Crippen LogP contribution in [0.25, 0.3) is 0 Å². The summed E-state index contributed by atoms with van der Waals surface area (Å²) in [4.78, 5) is 3.70. The molecule has 1 aliphatic rings. The second-order valence-electron chi connectivity index (χ2n) is 4.34. The highest BCUT2D eigenvalue weighted by Crippen LogP contribution is 2.22. The lowest BCUT2D eigenvalue weighted by Crippen LogP contribution is -2.20. The van der Waals surface area contributed by atoms with E-state index in [0.29, 0.717) is 19.1 Å². The van der Waals surface area contributed by atoms with Crippen LogP contribution in [0.5, 0.6) is 0 Å². The zero-order valence-electron chi connectivity index (χ0n) is 9.85. The summed E-state index contributed by atoms with van der Waals surface area (Å²) in [7, 11) is 0. The van der Waals surface area contributed by atoms with E-state index in [0.717, 1.165) is 31.6 Å². The molecule has 3 nitrogen and oxygen atoms in total. The average Bonchev–Trinajstić information content (AvgIpc) is 2.96. The Morgan fingerprint density at radius 1 is 1.59 bits per heavy atom. The molecule has 1 saturated heterocycles. The molecule has 0 radical (unpaired) electrons. The van der Waals surface area contributed by atoms with Gasteiger partial charge >= 0.3 is 0 Å². The number of hydrogen-bond donors (Lipinski definition) is 2. The molecule has 0 spiro atoms. The van der Waals surface area contributed by atoms with Crippen LogP contribution >= 0.6 is 11.3 Å². The number of aliphatic hydroxyl groups is 1. The number of nitrogens with zero attached hydrogens (tertiary/aromatic N) is 1. The van der Waals surface area contributed by atoms with Gasteiger partial charge < -0.3 is 10.8 Å². The molecule has 92 valence electrons. The number of likely N-dealkylation sites (tertiary alicyclic amines) is 1. The van der Waals surface area contributed by atoms with Crippen molar-refractivity contribution in [2.75, 3.05) is 26.2 Å². The fraction of sp³-hybridized carbons (Fsp3) is 0.538. The van der Waals surface area contributed by atoms with Gasteiger partial charge in [0.25, 0.3) is 0 Å². The molecule has 0 saturated carbocycles. The molecule has 0 aromatic carbocycles. The van der Waals surface area contributed by atoms with E-state index in [1.54, 1.807) is 11.3 Å². The Kier molecular flexibility index (Phi) is 4.57. The van der Waals surface area contributed by atoms with Gasteiger partial charge in [-0.15, -0.1) is 11.3 Å². The van der Waals surface area contributed by atoms with E-state index in [1.807, 2.05) is 0 Å². The molecule has 3 N–H and O–H groups in total. The minimum Gasteiger partial charge on any atom is -0.396 e. The van der Waals surface area contributed by atoms with Crippen LogP contribution in [0, 0.1) is 17.8 Å². The maximum absolute atomic E-state index is 9.12. The molecule has 0 aliphatic carbocycles. The lowest BCUT2D eigenvalue weighted by atomic mass is 10.1. The van der Waals surface area contributed by atoms with Crippen molar-refractivity contribution in [2.45, 2.75) is 13.0 Å². The van der Waals surface area contributed by atoms with Crippen molar-refractivity contribution in [1.29, 1.82) is 0 Å². The lowest BCUT2D eigenvalue weighted by molar-refractivity contribution is 0.220. The van der Waals surface area contributed by atoms with Crippen LogP contribution < -0.4 is 5.73 Å². The molecule has 1 unspecified atom stereocenters. The molecule has 0 amide bonds. The third-order valence-corrected chi connectivity index (χ3v) is 3.97. The maximum Gasteiger partial charge on any atom is 0.0555 e. The van der Waals surface area contributed by atoms with E-state index in [1.165, 1.54) is 4.88 Å². The summed E-state index contributed by atoms with van der Waals surface area (Å²) >= 11 is 1.75. The maximum atomic E-state index is 9.12. The summed E-state index contributed by atoms with van der Waals surface area (Å²) < 4.78 is 0. The van der Waals surface area contributed by atoms with Crippen LogP contribution in [0.3, 0.4) is 0 Å². The molecule has 4 heteroatoms. The van der Waals surface area contributed by atoms with Crippen LogP contribution in [0.1, 0.15) is 16.9 Å². The topological polar surface area (TPSA) is 49.5 Å². The van der Waals surface area contributed by atoms with Gasteiger partial charge in [0.15, 0.2) is 0 Å². The average molecular weight is 250 g/mol. The van der Waals surface area contributed by atoms with Crippen LogP contribution in [0.15, 0.2) is 11.4 Å². The highest BCUT2D eigenvalue weighted by molar-refractivity contribution is 7.10. The Morgan fingerprint density at radius 2 is 2.47 bits per heavy atom. The summed E-state index contributed by atoms with van der Waals surface area (Å²) in [6.45, 7) is 3.74. The number of thiophene rings is 1. The molecule has 1 aliphatic heterocycles.